The third-order valence-corrected chi connectivity index (χ3v) is 22.1. The molecule has 0 fully saturated rings. The van der Waals surface area contributed by atoms with Gasteiger partial charge in [-0.25, -0.2) is 4.98 Å². The second kappa shape index (κ2) is 25.5. The Labute approximate surface area is 608 Å². The molecule has 0 unspecified atom stereocenters. The molecule has 21 aromatic rings. The van der Waals surface area contributed by atoms with Crippen LogP contribution in [0.25, 0.3) is 186 Å². The molecule has 11 aromatic carbocycles. The number of thiophene rings is 1. The summed E-state index contributed by atoms with van der Waals surface area (Å²) in [6.07, 6.45) is 2.11. The van der Waals surface area contributed by atoms with E-state index in [1.54, 1.807) is 12.1 Å². The van der Waals surface area contributed by atoms with Crippen molar-refractivity contribution in [2.45, 2.75) is 34.5 Å². The molecule has 0 radical (unpaired) electrons. The average molecular weight is 1370 g/mol. The molecule has 0 bridgehead atoms. The van der Waals surface area contributed by atoms with Crippen LogP contribution in [-0.4, -0.2) is 4.98 Å². The van der Waals surface area contributed by atoms with Crippen molar-refractivity contribution >= 4 is 153 Å². The number of hydrogen-bond acceptors (Lipinski definition) is 6. The Morgan fingerprint density at radius 1 is 0.346 bits per heavy atom. The number of fused-ring (bicyclic) bond motifs is 19. The summed E-state index contributed by atoms with van der Waals surface area (Å²) in [6, 6.07) is 94.3. The van der Waals surface area contributed by atoms with Crippen molar-refractivity contribution in [2.75, 3.05) is 0 Å². The highest BCUT2D eigenvalue weighted by Crippen LogP contribution is 2.41. The Morgan fingerprint density at radius 2 is 0.875 bits per heavy atom. The van der Waals surface area contributed by atoms with Gasteiger partial charge in [-0.1, -0.05) is 175 Å². The van der Waals surface area contributed by atoms with Gasteiger partial charge in [0.2, 0.25) is 34.7 Å². The Kier molecular flexibility index (Phi) is 14.7. The second-order valence-corrected chi connectivity index (χ2v) is 28.3. The van der Waals surface area contributed by atoms with Crippen molar-refractivity contribution in [2.24, 2.45) is 28.2 Å². The number of rotatable bonds is 4. The van der Waals surface area contributed by atoms with Crippen molar-refractivity contribution < 1.29 is 40.0 Å². The number of hydrogen-bond donors (Lipinski definition) is 0. The fraction of sp³-hybridized carbons (Fsp3) is 0.0957. The molecular formula is C94H73N5O4S+4. The van der Waals surface area contributed by atoms with Gasteiger partial charge in [0, 0.05) is 82.1 Å². The van der Waals surface area contributed by atoms with E-state index in [2.05, 4.69) is 285 Å². The number of furan rings is 4. The molecule has 0 aliphatic rings. The van der Waals surface area contributed by atoms with Crippen LogP contribution in [-0.2, 0) is 28.2 Å². The van der Waals surface area contributed by atoms with Crippen LogP contribution >= 0.6 is 11.3 Å². The minimum atomic E-state index is -2.11. The molecule has 0 atom stereocenters. The van der Waals surface area contributed by atoms with Crippen molar-refractivity contribution in [3.63, 3.8) is 0 Å². The molecule has 0 aliphatic carbocycles. The molecule has 0 N–H and O–H groups in total. The summed E-state index contributed by atoms with van der Waals surface area (Å²) in [4.78, 5) is 5.99. The van der Waals surface area contributed by atoms with Gasteiger partial charge in [-0.2, -0.15) is 18.3 Å². The molecule has 10 heteroatoms. The maximum absolute atomic E-state index is 7.62. The predicted molar refractivity (Wildman–Crippen MR) is 428 cm³/mol. The van der Waals surface area contributed by atoms with Gasteiger partial charge in [0.25, 0.3) is 0 Å². The number of aromatic nitrogens is 5. The summed E-state index contributed by atoms with van der Waals surface area (Å²) in [5.74, 6) is 0. The van der Waals surface area contributed by atoms with Crippen LogP contribution in [0.5, 0.6) is 0 Å². The lowest BCUT2D eigenvalue weighted by atomic mass is 10.0. The van der Waals surface area contributed by atoms with E-state index in [1.165, 1.54) is 97.0 Å². The second-order valence-electron chi connectivity index (χ2n) is 27.2. The quantitative estimate of drug-likeness (QED) is 0.164. The lowest BCUT2D eigenvalue weighted by molar-refractivity contribution is -0.659. The average Bonchev–Trinajstić information content (AvgIpc) is 1.62. The Morgan fingerprint density at radius 3 is 1.56 bits per heavy atom. The van der Waals surface area contributed by atoms with Gasteiger partial charge in [0.05, 0.1) is 21.7 Å². The number of benzene rings is 11. The smallest absolute Gasteiger partial charge is 0.383 e. The summed E-state index contributed by atoms with van der Waals surface area (Å²) in [5.41, 5.74) is 20.9. The first-order chi connectivity index (χ1) is 52.0. The van der Waals surface area contributed by atoms with Crippen LogP contribution in [0.3, 0.4) is 0 Å². The van der Waals surface area contributed by atoms with Gasteiger partial charge in [-0.05, 0) is 168 Å². The molecule has 0 spiro atoms. The third-order valence-electron chi connectivity index (χ3n) is 20.8. The number of pyridine rings is 5. The zero-order chi connectivity index (χ0) is 73.1. The highest BCUT2D eigenvalue weighted by Gasteiger charge is 2.27. The van der Waals surface area contributed by atoms with Gasteiger partial charge >= 0.3 is 17.1 Å². The van der Waals surface area contributed by atoms with E-state index in [0.717, 1.165) is 106 Å². The topological polar surface area (TPSA) is 81.0 Å². The monoisotopic (exact) mass is 1370 g/mol. The maximum Gasteiger partial charge on any atom is 0.383 e. The zero-order valence-electron chi connectivity index (χ0n) is 61.8. The van der Waals surface area contributed by atoms with E-state index in [0.29, 0.717) is 11.3 Å². The minimum absolute atomic E-state index is 0.349. The van der Waals surface area contributed by atoms with Gasteiger partial charge in [0.1, 0.15) is 55.2 Å². The summed E-state index contributed by atoms with van der Waals surface area (Å²) in [5, 5.41) is 18.7. The molecule has 104 heavy (non-hydrogen) atoms. The highest BCUT2D eigenvalue weighted by molar-refractivity contribution is 7.22. The molecular weight excluding hydrogens is 1300 g/mol. The van der Waals surface area contributed by atoms with E-state index in [4.69, 9.17) is 21.8 Å². The first kappa shape index (κ1) is 60.2. The van der Waals surface area contributed by atoms with Gasteiger partial charge in [-0.15, -0.1) is 11.3 Å². The molecule has 500 valence electrons. The maximum atomic E-state index is 7.62. The molecule has 10 heterocycles. The molecule has 0 amide bonds. The first-order valence-corrected chi connectivity index (χ1v) is 35.8. The summed E-state index contributed by atoms with van der Waals surface area (Å²) < 4.78 is 57.7. The van der Waals surface area contributed by atoms with E-state index in [-0.39, 0.29) is 0 Å². The lowest BCUT2D eigenvalue weighted by Gasteiger charge is -2.05. The summed E-state index contributed by atoms with van der Waals surface area (Å²) in [6.45, 7) is 6.33. The van der Waals surface area contributed by atoms with Crippen LogP contribution in [0.15, 0.2) is 297 Å². The molecule has 0 aliphatic heterocycles. The lowest BCUT2D eigenvalue weighted by Crippen LogP contribution is -2.31. The number of para-hydroxylation sites is 1. The fourth-order valence-electron chi connectivity index (χ4n) is 15.4. The van der Waals surface area contributed by atoms with E-state index < -0.39 is 6.85 Å². The fourth-order valence-corrected chi connectivity index (χ4v) is 16.7. The third kappa shape index (κ3) is 10.8. The van der Waals surface area contributed by atoms with Gasteiger partial charge < -0.3 is 17.7 Å². The molecule has 10 aromatic heterocycles. The largest absolute Gasteiger partial charge is 0.450 e. The van der Waals surface area contributed by atoms with E-state index in [9.17, 15) is 0 Å². The van der Waals surface area contributed by atoms with Crippen molar-refractivity contribution in [1.82, 2.24) is 4.98 Å². The van der Waals surface area contributed by atoms with Gasteiger partial charge in [0.15, 0.2) is 5.58 Å². The molecule has 0 saturated carbocycles. The standard InChI is InChI=1S/C25H18NOS.C23H19N2O.2C23H18NO/c1-15-18-9-5-6-10-24(18)28-25(15)21-13-20-19-11-16-7-3-4-8-17(16)12-22(19)27-23(20)14-26(21)2;1-14-8-9-17(15(2)12-14)21-11-10-18-19-13-16-6-4-5-7-20(16)24-22(19)26-23(18)25(21)3;1-15-7-3-5-9-17(15)20-13-12-19-22-18-10-6-4-8-16(18)11-14-21(22)25-23(19)24(20)2;1-15-7-3-5-9-17(15)21-14-13-20-19-12-11-16-8-4-6-10-18(16)22(19)25-23(20)24(21)2/h3-14H,1-2H3;4-13H,1-3H3;2*3-14H,1-2H3/q4*+1/i;1D3;;. The summed E-state index contributed by atoms with van der Waals surface area (Å²) >= 11 is 1.86. The van der Waals surface area contributed by atoms with Crippen LogP contribution in [0.1, 0.15) is 31.9 Å². The van der Waals surface area contributed by atoms with Crippen LogP contribution in [0.2, 0.25) is 0 Å². The van der Waals surface area contributed by atoms with Gasteiger partial charge in [-0.3, -0.25) is 0 Å². The number of aryl methyl sites for hydroxylation is 9. The van der Waals surface area contributed by atoms with Crippen molar-refractivity contribution in [3.8, 4) is 44.3 Å². The zero-order valence-corrected chi connectivity index (χ0v) is 59.7. The molecule has 9 nitrogen and oxygen atoms in total. The molecule has 21 rings (SSSR count). The first-order valence-electron chi connectivity index (χ1n) is 36.5. The predicted octanol–water partition coefficient (Wildman–Crippen LogP) is 23.1. The minimum Gasteiger partial charge on any atom is -0.450 e. The normalized spacial score (nSPS) is 12.2. The van der Waals surface area contributed by atoms with Crippen molar-refractivity contribution in [1.29, 1.82) is 0 Å². The Hall–Kier alpha value is -12.6. The summed E-state index contributed by atoms with van der Waals surface area (Å²) in [7, 11) is 8.21. The Balaban J connectivity index is 0.000000101. The van der Waals surface area contributed by atoms with Crippen LogP contribution in [0, 0.1) is 34.5 Å². The van der Waals surface area contributed by atoms with Crippen molar-refractivity contribution in [3.05, 3.63) is 307 Å². The van der Waals surface area contributed by atoms with Crippen LogP contribution in [0.4, 0.5) is 0 Å². The highest BCUT2D eigenvalue weighted by atomic mass is 32.1. The Bertz CT molecular complexity index is 7140. The molecule has 0 saturated heterocycles. The van der Waals surface area contributed by atoms with E-state index >= 15 is 0 Å². The van der Waals surface area contributed by atoms with Crippen LogP contribution < -0.4 is 18.3 Å². The SMILES string of the molecule is Cc1c(-c2cc3c(c[n+]2C)oc2cc4ccccc4cc23)sc2ccccc12.Cc1ccccc1-c1ccc2c3c(ccc4ccccc43)oc2[n+]1C.Cc1ccccc1-c1ccc2c3ccc4ccccc4c3oc2[n+]1C.[2H]C([2H])([2H])c1ccc(-c2ccc3c4cc5ccccc5nc4oc3[n+]2C)c(C)c1. The number of nitrogens with zero attached hydrogens (tertiary/aromatic N) is 5. The van der Waals surface area contributed by atoms with E-state index in [1.807, 2.05) is 72.3 Å².